The predicted molar refractivity (Wildman–Crippen MR) is 82.1 cm³/mol. The topological polar surface area (TPSA) is 98.3 Å². The molecule has 1 saturated heterocycles. The highest BCUT2D eigenvalue weighted by Crippen LogP contribution is 2.59. The first-order valence-electron chi connectivity index (χ1n) is 8.03. The van der Waals surface area contributed by atoms with Crippen LogP contribution in [0.3, 0.4) is 0 Å². The molecule has 1 aromatic rings. The molecule has 3 atom stereocenters. The fraction of sp³-hybridized carbons (Fsp3) is 0.389. The zero-order valence-electron chi connectivity index (χ0n) is 13.5. The fourth-order valence-electron chi connectivity index (χ4n) is 3.82. The Bertz CT molecular complexity index is 857. The second-order valence-electron chi connectivity index (χ2n) is 6.46. The standard InChI is InChI=1S/C18H15FN2O4/c1-10(22)24-18-17(9-20,21-18)16(11-5-7-12(19)8-6-11)15-13(23)3-2-4-14(15)25-18/h5-8,16,21H,2-4H2,1H3. The minimum atomic E-state index is -1.61. The lowest BCUT2D eigenvalue weighted by atomic mass is 9.73. The Kier molecular flexibility index (Phi) is 3.24. The zero-order valence-corrected chi connectivity index (χ0v) is 13.5. The molecule has 2 heterocycles. The number of nitriles is 1. The SMILES string of the molecule is CC(=O)OC12NC1(C#N)C(c1ccc(F)cc1)C1=C(CCCC1=O)O2. The number of hydrogen-bond donors (Lipinski definition) is 1. The average molecular weight is 342 g/mol. The first-order valence-corrected chi connectivity index (χ1v) is 8.03. The molecule has 6 nitrogen and oxygen atoms in total. The number of esters is 1. The van der Waals surface area contributed by atoms with Crippen molar-refractivity contribution in [2.24, 2.45) is 0 Å². The van der Waals surface area contributed by atoms with E-state index in [-0.39, 0.29) is 5.78 Å². The molecule has 1 aromatic carbocycles. The lowest BCUT2D eigenvalue weighted by molar-refractivity contribution is -0.187. The predicted octanol–water partition coefficient (Wildman–Crippen LogP) is 2.03. The highest BCUT2D eigenvalue weighted by atomic mass is 19.1. The number of carbonyl (C=O) groups excluding carboxylic acids is 2. The number of Topliss-reactive ketones (excluding diaryl/α,β-unsaturated/α-hetero) is 1. The van der Waals surface area contributed by atoms with Crippen LogP contribution in [-0.4, -0.2) is 23.2 Å². The molecule has 0 amide bonds. The van der Waals surface area contributed by atoms with Crippen molar-refractivity contribution in [2.75, 3.05) is 0 Å². The van der Waals surface area contributed by atoms with Gasteiger partial charge in [-0.2, -0.15) is 5.26 Å². The van der Waals surface area contributed by atoms with E-state index in [4.69, 9.17) is 9.47 Å². The van der Waals surface area contributed by atoms with Crippen molar-refractivity contribution in [3.05, 3.63) is 47.0 Å². The summed E-state index contributed by atoms with van der Waals surface area (Å²) < 4.78 is 24.4. The number of hydrogen-bond acceptors (Lipinski definition) is 6. The van der Waals surface area contributed by atoms with Crippen LogP contribution in [0.25, 0.3) is 0 Å². The molecule has 7 heteroatoms. The van der Waals surface area contributed by atoms with Gasteiger partial charge >= 0.3 is 11.9 Å². The van der Waals surface area contributed by atoms with E-state index in [1.807, 2.05) is 0 Å². The maximum Gasteiger partial charge on any atom is 0.351 e. The van der Waals surface area contributed by atoms with Crippen LogP contribution in [0.2, 0.25) is 0 Å². The van der Waals surface area contributed by atoms with Gasteiger partial charge in [0.05, 0.1) is 12.0 Å². The Labute approximate surface area is 143 Å². The van der Waals surface area contributed by atoms with Crippen LogP contribution in [0, 0.1) is 17.1 Å². The van der Waals surface area contributed by atoms with Gasteiger partial charge in [-0.3, -0.25) is 9.59 Å². The van der Waals surface area contributed by atoms with Gasteiger partial charge in [-0.05, 0) is 24.1 Å². The van der Waals surface area contributed by atoms with E-state index in [1.165, 1.54) is 31.2 Å². The molecule has 128 valence electrons. The Balaban J connectivity index is 1.90. The summed E-state index contributed by atoms with van der Waals surface area (Å²) in [5, 5.41) is 12.7. The van der Waals surface area contributed by atoms with E-state index in [0.29, 0.717) is 36.2 Å². The number of rotatable bonds is 2. The van der Waals surface area contributed by atoms with Crippen molar-refractivity contribution in [3.63, 3.8) is 0 Å². The number of nitrogens with one attached hydrogen (secondary N) is 1. The van der Waals surface area contributed by atoms with Crippen molar-refractivity contribution in [1.82, 2.24) is 5.32 Å². The fourth-order valence-corrected chi connectivity index (χ4v) is 3.82. The monoisotopic (exact) mass is 342 g/mol. The van der Waals surface area contributed by atoms with Gasteiger partial charge < -0.3 is 9.47 Å². The van der Waals surface area contributed by atoms with Gasteiger partial charge in [0.2, 0.25) is 5.54 Å². The number of halogens is 1. The number of benzene rings is 1. The molecule has 2 aliphatic heterocycles. The molecule has 3 unspecified atom stereocenters. The normalized spacial score (nSPS) is 32.8. The number of allylic oxidation sites excluding steroid dienone is 1. The zero-order chi connectivity index (χ0) is 17.8. The second kappa shape index (κ2) is 5.14. The highest BCUT2D eigenvalue weighted by Gasteiger charge is 2.82. The van der Waals surface area contributed by atoms with Crippen molar-refractivity contribution in [3.8, 4) is 6.07 Å². The van der Waals surface area contributed by atoms with E-state index in [2.05, 4.69) is 11.4 Å². The summed E-state index contributed by atoms with van der Waals surface area (Å²) in [7, 11) is 0. The van der Waals surface area contributed by atoms with E-state index in [1.54, 1.807) is 0 Å². The Morgan fingerprint density at radius 2 is 2.12 bits per heavy atom. The van der Waals surface area contributed by atoms with Crippen LogP contribution < -0.4 is 5.32 Å². The summed E-state index contributed by atoms with van der Waals surface area (Å²) in [6.07, 6.45) is 1.51. The summed E-state index contributed by atoms with van der Waals surface area (Å²) in [6, 6.07) is 7.75. The number of fused-ring (bicyclic) bond motifs is 1. The van der Waals surface area contributed by atoms with Crippen LogP contribution in [0.1, 0.15) is 37.7 Å². The third-order valence-corrected chi connectivity index (χ3v) is 4.88. The molecule has 1 fully saturated rings. The lowest BCUT2D eigenvalue weighted by Gasteiger charge is -2.35. The van der Waals surface area contributed by atoms with Crippen molar-refractivity contribution in [2.45, 2.75) is 43.6 Å². The van der Waals surface area contributed by atoms with E-state index < -0.39 is 29.2 Å². The van der Waals surface area contributed by atoms with Crippen LogP contribution in [-0.2, 0) is 19.1 Å². The third kappa shape index (κ3) is 2.11. The Morgan fingerprint density at radius 1 is 1.40 bits per heavy atom. The van der Waals surface area contributed by atoms with Gasteiger partial charge in [0.15, 0.2) is 5.78 Å². The minimum absolute atomic E-state index is 0.102. The van der Waals surface area contributed by atoms with E-state index in [9.17, 15) is 19.2 Å². The first kappa shape index (κ1) is 15.8. The summed E-state index contributed by atoms with van der Waals surface area (Å²) in [4.78, 5) is 24.1. The molecule has 0 bridgehead atoms. The molecule has 1 aliphatic carbocycles. The number of nitrogens with zero attached hydrogens (tertiary/aromatic N) is 1. The molecule has 3 aliphatic rings. The Morgan fingerprint density at radius 3 is 2.76 bits per heavy atom. The van der Waals surface area contributed by atoms with E-state index in [0.717, 1.165) is 0 Å². The van der Waals surface area contributed by atoms with Gasteiger partial charge in [-0.25, -0.2) is 9.71 Å². The maximum absolute atomic E-state index is 13.3. The van der Waals surface area contributed by atoms with Gasteiger partial charge in [0, 0.05) is 25.3 Å². The molecule has 25 heavy (non-hydrogen) atoms. The molecule has 0 radical (unpaired) electrons. The third-order valence-electron chi connectivity index (χ3n) is 4.88. The van der Waals surface area contributed by atoms with Crippen LogP contribution >= 0.6 is 0 Å². The van der Waals surface area contributed by atoms with E-state index >= 15 is 0 Å². The van der Waals surface area contributed by atoms with Crippen LogP contribution in [0.4, 0.5) is 4.39 Å². The van der Waals surface area contributed by atoms with Gasteiger partial charge in [0.1, 0.15) is 11.6 Å². The van der Waals surface area contributed by atoms with Gasteiger partial charge in [0.25, 0.3) is 0 Å². The lowest BCUT2D eigenvalue weighted by Crippen LogP contribution is -2.43. The first-order chi connectivity index (χ1) is 11.9. The van der Waals surface area contributed by atoms with Crippen LogP contribution in [0.15, 0.2) is 35.6 Å². The largest absolute Gasteiger partial charge is 0.441 e. The molecule has 1 N–H and O–H groups in total. The summed E-state index contributed by atoms with van der Waals surface area (Å²) in [5.41, 5.74) is -0.412. The van der Waals surface area contributed by atoms with Crippen LogP contribution in [0.5, 0.6) is 0 Å². The number of ether oxygens (including phenoxy) is 2. The average Bonchev–Trinajstić information content (AvgIpc) is 3.21. The summed E-state index contributed by atoms with van der Waals surface area (Å²) in [5.74, 6) is -3.00. The Hall–Kier alpha value is -2.72. The molecule has 0 aromatic heterocycles. The van der Waals surface area contributed by atoms with Gasteiger partial charge in [-0.15, -0.1) is 0 Å². The van der Waals surface area contributed by atoms with Crippen molar-refractivity contribution in [1.29, 1.82) is 5.26 Å². The molecule has 0 spiro atoms. The molecular weight excluding hydrogens is 327 g/mol. The molecule has 0 saturated carbocycles. The number of ketones is 1. The van der Waals surface area contributed by atoms with Gasteiger partial charge in [-0.1, -0.05) is 12.1 Å². The molecular formula is C18H15FN2O4. The summed E-state index contributed by atoms with van der Waals surface area (Å²) in [6.45, 7) is 1.23. The van der Waals surface area contributed by atoms with Crippen molar-refractivity contribution < 1.29 is 23.5 Å². The minimum Gasteiger partial charge on any atom is -0.441 e. The van der Waals surface area contributed by atoms with Crippen molar-refractivity contribution >= 4 is 11.8 Å². The molecule has 4 rings (SSSR count). The number of carbonyl (C=O) groups is 2. The summed E-state index contributed by atoms with van der Waals surface area (Å²) >= 11 is 0. The second-order valence-corrected chi connectivity index (χ2v) is 6.46. The highest BCUT2D eigenvalue weighted by molar-refractivity contribution is 5.99. The smallest absolute Gasteiger partial charge is 0.351 e. The quantitative estimate of drug-likeness (QED) is 0.652. The maximum atomic E-state index is 13.3.